The fraction of sp³-hybridized carbons (Fsp3) is 0.250. The number of nitrogen functional groups attached to an aromatic ring is 1. The number of ether oxygens (including phenoxy) is 2. The lowest BCUT2D eigenvalue weighted by Crippen LogP contribution is -2.41. The number of hydrogen-bond acceptors (Lipinski definition) is 11. The number of rotatable bonds is 15. The minimum atomic E-state index is -1.07. The molecular formula is C48H52N10O3. The molecule has 0 bridgehead atoms. The van der Waals surface area contributed by atoms with E-state index < -0.39 is 6.23 Å². The van der Waals surface area contributed by atoms with Crippen LogP contribution in [0, 0.1) is 0 Å². The van der Waals surface area contributed by atoms with Gasteiger partial charge in [-0.1, -0.05) is 60.7 Å². The van der Waals surface area contributed by atoms with E-state index in [0.717, 1.165) is 73.5 Å². The van der Waals surface area contributed by atoms with E-state index in [1.807, 2.05) is 110 Å². The van der Waals surface area contributed by atoms with Crippen LogP contribution in [-0.2, 0) is 13.1 Å². The van der Waals surface area contributed by atoms with Crippen molar-refractivity contribution in [1.82, 2.24) is 34.0 Å². The van der Waals surface area contributed by atoms with Gasteiger partial charge in [0, 0.05) is 59.8 Å². The summed E-state index contributed by atoms with van der Waals surface area (Å²) in [5.41, 5.74) is 19.8. The first-order chi connectivity index (χ1) is 29.5. The highest BCUT2D eigenvalue weighted by atomic mass is 16.5. The van der Waals surface area contributed by atoms with Gasteiger partial charge in [-0.15, -0.1) is 0 Å². The molecule has 4 aromatic heterocycles. The third-order valence-corrected chi connectivity index (χ3v) is 10.7. The first kappa shape index (κ1) is 41.0. The Hall–Kier alpha value is -6.80. The van der Waals surface area contributed by atoms with E-state index in [1.54, 1.807) is 6.33 Å². The van der Waals surface area contributed by atoms with Crippen LogP contribution in [0.2, 0.25) is 0 Å². The summed E-state index contributed by atoms with van der Waals surface area (Å²) < 4.78 is 17.2. The van der Waals surface area contributed by atoms with Crippen LogP contribution < -0.4 is 25.8 Å². The monoisotopic (exact) mass is 816 g/mol. The smallest absolute Gasteiger partial charge is 0.146 e. The number of aliphatic hydroxyl groups excluding tert-OH is 1. The van der Waals surface area contributed by atoms with E-state index in [-0.39, 0.29) is 25.2 Å². The molecule has 1 atom stereocenters. The first-order valence-corrected chi connectivity index (χ1v) is 20.5. The Bertz CT molecular complexity index is 2780. The lowest BCUT2D eigenvalue weighted by Gasteiger charge is -2.29. The molecule has 5 N–H and O–H groups in total. The van der Waals surface area contributed by atoms with E-state index in [9.17, 15) is 5.11 Å². The molecule has 61 heavy (non-hydrogen) atoms. The number of nitrogens with two attached hydrogens (primary N) is 2. The molecule has 0 aliphatic heterocycles. The van der Waals surface area contributed by atoms with E-state index in [2.05, 4.69) is 70.2 Å². The molecule has 0 aliphatic carbocycles. The average molecular weight is 817 g/mol. The van der Waals surface area contributed by atoms with Crippen LogP contribution in [0.15, 0.2) is 122 Å². The van der Waals surface area contributed by atoms with Gasteiger partial charge < -0.3 is 45.0 Å². The second kappa shape index (κ2) is 17.4. The third-order valence-electron chi connectivity index (χ3n) is 10.7. The molecule has 0 radical (unpaired) electrons. The summed E-state index contributed by atoms with van der Waals surface area (Å²) in [5.74, 6) is 3.81. The molecule has 0 spiro atoms. The Morgan fingerprint density at radius 2 is 1.10 bits per heavy atom. The van der Waals surface area contributed by atoms with Crippen LogP contribution in [0.1, 0.15) is 50.9 Å². The van der Waals surface area contributed by atoms with Gasteiger partial charge in [-0.3, -0.25) is 0 Å². The van der Waals surface area contributed by atoms with E-state index in [0.29, 0.717) is 23.1 Å². The molecule has 0 saturated heterocycles. The summed E-state index contributed by atoms with van der Waals surface area (Å²) >= 11 is 0. The highest BCUT2D eigenvalue weighted by Gasteiger charge is 2.26. The molecule has 13 heteroatoms. The van der Waals surface area contributed by atoms with Crippen molar-refractivity contribution in [2.24, 2.45) is 5.73 Å². The SMILES string of the molecule is CC(C)n1cc(-c2ccc(Oc3ccccc3CN(c3ncnc4c3c(-c3ccc(Oc5ccccc5CN(C)C)cc3)cn4C(C)C)C(O)CN)cc2)c2c(N)ncnc21. The number of benzene rings is 4. The van der Waals surface area contributed by atoms with Gasteiger partial charge >= 0.3 is 0 Å². The number of aromatic nitrogens is 6. The van der Waals surface area contributed by atoms with Gasteiger partial charge in [-0.05, 0) is 89.3 Å². The summed E-state index contributed by atoms with van der Waals surface area (Å²) in [4.78, 5) is 22.3. The normalized spacial score (nSPS) is 12.2. The maximum absolute atomic E-state index is 11.6. The van der Waals surface area contributed by atoms with E-state index in [4.69, 9.17) is 30.9 Å². The first-order valence-electron chi connectivity index (χ1n) is 20.5. The second-order valence-electron chi connectivity index (χ2n) is 16.0. The molecule has 8 aromatic rings. The lowest BCUT2D eigenvalue weighted by molar-refractivity contribution is 0.174. The van der Waals surface area contributed by atoms with Crippen molar-refractivity contribution in [2.75, 3.05) is 31.3 Å². The fourth-order valence-corrected chi connectivity index (χ4v) is 7.72. The summed E-state index contributed by atoms with van der Waals surface area (Å²) in [6, 6.07) is 32.1. The zero-order chi connectivity index (χ0) is 42.8. The van der Waals surface area contributed by atoms with Crippen LogP contribution in [0.25, 0.3) is 44.3 Å². The molecule has 0 amide bonds. The van der Waals surface area contributed by atoms with Gasteiger partial charge in [0.15, 0.2) is 0 Å². The summed E-state index contributed by atoms with van der Waals surface area (Å²) in [7, 11) is 4.08. The minimum absolute atomic E-state index is 0.0275. The van der Waals surface area contributed by atoms with Crippen molar-refractivity contribution >= 4 is 33.7 Å². The molecule has 13 nitrogen and oxygen atoms in total. The van der Waals surface area contributed by atoms with Crippen molar-refractivity contribution in [1.29, 1.82) is 0 Å². The van der Waals surface area contributed by atoms with Gasteiger partial charge in [0.25, 0.3) is 0 Å². The maximum Gasteiger partial charge on any atom is 0.146 e. The van der Waals surface area contributed by atoms with Crippen molar-refractivity contribution in [3.63, 3.8) is 0 Å². The van der Waals surface area contributed by atoms with E-state index >= 15 is 0 Å². The van der Waals surface area contributed by atoms with Crippen molar-refractivity contribution in [3.8, 4) is 45.3 Å². The quantitative estimate of drug-likeness (QED) is 0.0847. The Morgan fingerprint density at radius 3 is 1.61 bits per heavy atom. The summed E-state index contributed by atoms with van der Waals surface area (Å²) in [6.45, 7) is 9.44. The molecule has 0 saturated carbocycles. The number of aliphatic hydroxyl groups is 1. The van der Waals surface area contributed by atoms with Crippen LogP contribution in [0.3, 0.4) is 0 Å². The van der Waals surface area contributed by atoms with Gasteiger partial charge in [-0.25, -0.2) is 19.9 Å². The molecule has 4 heterocycles. The largest absolute Gasteiger partial charge is 0.457 e. The summed E-state index contributed by atoms with van der Waals surface area (Å²) in [6.07, 6.45) is 6.15. The van der Waals surface area contributed by atoms with Crippen molar-refractivity contribution in [3.05, 3.63) is 133 Å². The standard InChI is InChI=1S/C48H52N10O3/c1-30(2)56-26-38(43-45(50)51-28-52-46(43)56)32-15-19-37(20-16-32)61-41-14-10-8-12-35(41)25-58(42(59)23-49)48-44-39(27-57(31(3)4)47(44)53-29-54-48)33-17-21-36(22-18-33)60-40-13-9-7-11-34(40)24-55(5)6/h7-22,26-31,42,59H,23-25,49H2,1-6H3,(H2,50,51,52). The average Bonchev–Trinajstić information content (AvgIpc) is 3.85. The number of nitrogens with zero attached hydrogens (tertiary/aromatic N) is 8. The maximum atomic E-state index is 11.6. The molecule has 1 unspecified atom stereocenters. The number of hydrogen-bond donors (Lipinski definition) is 3. The van der Waals surface area contributed by atoms with Crippen molar-refractivity contribution in [2.45, 2.75) is 59.1 Å². The Morgan fingerprint density at radius 1 is 0.623 bits per heavy atom. The lowest BCUT2D eigenvalue weighted by atomic mass is 10.1. The number of para-hydroxylation sites is 2. The molecular weight excluding hydrogens is 765 g/mol. The predicted octanol–water partition coefficient (Wildman–Crippen LogP) is 9.18. The fourth-order valence-electron chi connectivity index (χ4n) is 7.72. The Labute approximate surface area is 355 Å². The van der Waals surface area contributed by atoms with Gasteiger partial charge in [0.05, 0.1) is 17.3 Å². The summed E-state index contributed by atoms with van der Waals surface area (Å²) in [5, 5.41) is 13.2. The molecule has 0 fully saturated rings. The van der Waals surface area contributed by atoms with Crippen LogP contribution in [0.4, 0.5) is 11.6 Å². The molecule has 312 valence electrons. The molecule has 8 rings (SSSR count). The number of anilines is 2. The van der Waals surface area contributed by atoms with Crippen LogP contribution in [0.5, 0.6) is 23.0 Å². The zero-order valence-electron chi connectivity index (χ0n) is 35.4. The Balaban J connectivity index is 1.11. The zero-order valence-corrected chi connectivity index (χ0v) is 35.4. The van der Waals surface area contributed by atoms with Gasteiger partial charge in [0.1, 0.15) is 64.8 Å². The van der Waals surface area contributed by atoms with Gasteiger partial charge in [0.2, 0.25) is 0 Å². The third kappa shape index (κ3) is 8.35. The van der Waals surface area contributed by atoms with E-state index in [1.165, 1.54) is 6.33 Å². The van der Waals surface area contributed by atoms with Crippen LogP contribution >= 0.6 is 0 Å². The number of fused-ring (bicyclic) bond motifs is 2. The topological polar surface area (TPSA) is 159 Å². The predicted molar refractivity (Wildman–Crippen MR) is 243 cm³/mol. The highest BCUT2D eigenvalue weighted by molar-refractivity contribution is 6.02. The highest BCUT2D eigenvalue weighted by Crippen LogP contribution is 2.40. The second-order valence-corrected chi connectivity index (χ2v) is 16.0. The van der Waals surface area contributed by atoms with Crippen LogP contribution in [-0.4, -0.2) is 65.9 Å². The molecule has 0 aliphatic rings. The van der Waals surface area contributed by atoms with Crippen molar-refractivity contribution < 1.29 is 14.6 Å². The Kier molecular flexibility index (Phi) is 11.7. The molecule has 4 aromatic carbocycles. The van der Waals surface area contributed by atoms with Gasteiger partial charge in [-0.2, -0.15) is 0 Å². The minimum Gasteiger partial charge on any atom is -0.457 e.